The molecule has 1 N–H and O–H groups in total. The summed E-state index contributed by atoms with van der Waals surface area (Å²) in [6.07, 6.45) is 3.83. The van der Waals surface area contributed by atoms with Crippen molar-refractivity contribution in [3.8, 4) is 11.3 Å². The van der Waals surface area contributed by atoms with E-state index in [0.717, 1.165) is 24.2 Å². The number of nitrogens with zero attached hydrogens (tertiary/aromatic N) is 1. The summed E-state index contributed by atoms with van der Waals surface area (Å²) in [6.45, 7) is 2.15. The summed E-state index contributed by atoms with van der Waals surface area (Å²) < 4.78 is 6.32. The molecule has 1 amide bonds. The molecule has 0 atom stereocenters. The highest BCUT2D eigenvalue weighted by atomic mass is 32.2. The molecule has 0 aliphatic carbocycles. The Balaban J connectivity index is 1.54. The quantitative estimate of drug-likeness (QED) is 0.367. The molecule has 4 rings (SSSR count). The molecule has 0 spiro atoms. The van der Waals surface area contributed by atoms with Crippen LogP contribution < -0.4 is 4.90 Å². The van der Waals surface area contributed by atoms with Crippen LogP contribution in [-0.4, -0.2) is 21.3 Å². The van der Waals surface area contributed by atoms with Crippen molar-refractivity contribution in [1.82, 2.24) is 0 Å². The monoisotopic (exact) mass is 449 g/mol. The van der Waals surface area contributed by atoms with Gasteiger partial charge >= 0.3 is 5.97 Å². The van der Waals surface area contributed by atoms with Gasteiger partial charge in [0.2, 0.25) is 0 Å². The van der Waals surface area contributed by atoms with Crippen LogP contribution in [0, 0.1) is 0 Å². The van der Waals surface area contributed by atoms with Gasteiger partial charge in [-0.05, 0) is 48.4 Å². The molecule has 1 aliphatic heterocycles. The third kappa shape index (κ3) is 4.47. The van der Waals surface area contributed by atoms with Gasteiger partial charge in [-0.25, -0.2) is 4.79 Å². The molecule has 1 aliphatic rings. The van der Waals surface area contributed by atoms with Crippen molar-refractivity contribution in [2.75, 3.05) is 4.90 Å². The maximum absolute atomic E-state index is 12.9. The van der Waals surface area contributed by atoms with Crippen molar-refractivity contribution in [2.24, 2.45) is 0 Å². The molecule has 1 fully saturated rings. The van der Waals surface area contributed by atoms with Crippen molar-refractivity contribution in [3.05, 3.63) is 82.5 Å². The number of aromatic carboxylic acids is 1. The number of hydrogen-bond donors (Lipinski definition) is 1. The lowest BCUT2D eigenvalue weighted by Gasteiger charge is -2.14. The van der Waals surface area contributed by atoms with E-state index in [0.29, 0.717) is 20.7 Å². The number of carboxylic acids is 1. The summed E-state index contributed by atoms with van der Waals surface area (Å²) in [5.74, 6) is 0.00815. The highest BCUT2D eigenvalue weighted by Gasteiger charge is 2.33. The van der Waals surface area contributed by atoms with E-state index in [4.69, 9.17) is 21.7 Å². The molecule has 156 valence electrons. The van der Waals surface area contributed by atoms with E-state index >= 15 is 0 Å². The third-order valence-electron chi connectivity index (χ3n) is 4.84. The molecule has 2 heterocycles. The van der Waals surface area contributed by atoms with Crippen LogP contribution in [0.25, 0.3) is 17.4 Å². The summed E-state index contributed by atoms with van der Waals surface area (Å²) in [5.41, 5.74) is 2.95. The molecule has 3 aromatic rings. The predicted molar refractivity (Wildman–Crippen MR) is 127 cm³/mol. The summed E-state index contributed by atoms with van der Waals surface area (Å²) in [5, 5.41) is 9.04. The largest absolute Gasteiger partial charge is 0.478 e. The highest BCUT2D eigenvalue weighted by molar-refractivity contribution is 8.27. The number of aryl methyl sites for hydroxylation is 1. The Morgan fingerprint density at radius 1 is 1.10 bits per heavy atom. The zero-order chi connectivity index (χ0) is 22.0. The second-order valence-electron chi connectivity index (χ2n) is 7.02. The minimum Gasteiger partial charge on any atom is -0.478 e. The Bertz CT molecular complexity index is 1180. The summed E-state index contributed by atoms with van der Waals surface area (Å²) in [4.78, 5) is 25.8. The minimum absolute atomic E-state index is 0.149. The number of carbonyl (C=O) groups is 2. The average Bonchev–Trinajstić information content (AvgIpc) is 3.33. The van der Waals surface area contributed by atoms with Crippen LogP contribution in [-0.2, 0) is 11.2 Å². The van der Waals surface area contributed by atoms with Gasteiger partial charge in [-0.2, -0.15) is 0 Å². The van der Waals surface area contributed by atoms with Gasteiger partial charge < -0.3 is 9.52 Å². The van der Waals surface area contributed by atoms with E-state index in [2.05, 4.69) is 19.1 Å². The first kappa shape index (κ1) is 21.1. The van der Waals surface area contributed by atoms with Crippen molar-refractivity contribution >= 4 is 51.9 Å². The van der Waals surface area contributed by atoms with Gasteiger partial charge in [-0.1, -0.05) is 61.6 Å². The fourth-order valence-corrected chi connectivity index (χ4v) is 4.56. The SMILES string of the molecule is CCCc1ccc(-c2ccc(C=C3SC(=S)N(c4ccc(C(=O)O)cc4)C3=O)o2)cc1. The molecule has 1 aromatic heterocycles. The molecule has 5 nitrogen and oxygen atoms in total. The Kier molecular flexibility index (Phi) is 6.06. The van der Waals surface area contributed by atoms with Crippen molar-refractivity contribution in [1.29, 1.82) is 0 Å². The summed E-state index contributed by atoms with van der Waals surface area (Å²) >= 11 is 6.56. The first-order chi connectivity index (χ1) is 15.0. The van der Waals surface area contributed by atoms with Gasteiger partial charge in [0.1, 0.15) is 11.5 Å². The number of hydrogen-bond acceptors (Lipinski definition) is 5. The van der Waals surface area contributed by atoms with Crippen molar-refractivity contribution in [2.45, 2.75) is 19.8 Å². The number of thiocarbonyl (C=S) groups is 1. The topological polar surface area (TPSA) is 70.8 Å². The number of anilines is 1. The van der Waals surface area contributed by atoms with Crippen molar-refractivity contribution in [3.63, 3.8) is 0 Å². The molecule has 0 bridgehead atoms. The Morgan fingerprint density at radius 2 is 1.81 bits per heavy atom. The molecule has 2 aromatic carbocycles. The van der Waals surface area contributed by atoms with Crippen LogP contribution in [0.5, 0.6) is 0 Å². The lowest BCUT2D eigenvalue weighted by molar-refractivity contribution is -0.113. The van der Waals surface area contributed by atoms with Crippen LogP contribution in [0.2, 0.25) is 0 Å². The molecule has 7 heteroatoms. The van der Waals surface area contributed by atoms with Crippen LogP contribution in [0.4, 0.5) is 5.69 Å². The minimum atomic E-state index is -1.02. The molecule has 0 saturated carbocycles. The molecular weight excluding hydrogens is 430 g/mol. The number of rotatable bonds is 6. The Hall–Kier alpha value is -3.16. The predicted octanol–water partition coefficient (Wildman–Crippen LogP) is 6.00. The fourth-order valence-electron chi connectivity index (χ4n) is 3.28. The third-order valence-corrected chi connectivity index (χ3v) is 6.15. The standard InChI is InChI=1S/C24H19NO4S2/c1-2-3-15-4-6-16(7-5-15)20-13-12-19(29-20)14-21-22(26)25(24(30)31-21)18-10-8-17(9-11-18)23(27)28/h4-14H,2-3H2,1H3,(H,27,28). The number of thioether (sulfide) groups is 1. The number of carboxylic acid groups (broad SMARTS) is 1. The van der Waals surface area contributed by atoms with E-state index in [1.54, 1.807) is 18.2 Å². The second kappa shape index (κ2) is 8.91. The number of amides is 1. The van der Waals surface area contributed by atoms with Gasteiger partial charge in [-0.3, -0.25) is 9.69 Å². The van der Waals surface area contributed by atoms with E-state index in [1.807, 2.05) is 24.3 Å². The number of furan rings is 1. The normalized spacial score (nSPS) is 15.1. The molecule has 0 unspecified atom stereocenters. The maximum atomic E-state index is 12.9. The zero-order valence-corrected chi connectivity index (χ0v) is 18.3. The second-order valence-corrected chi connectivity index (χ2v) is 8.69. The van der Waals surface area contributed by atoms with Gasteiger partial charge in [0.25, 0.3) is 5.91 Å². The Morgan fingerprint density at radius 3 is 2.45 bits per heavy atom. The maximum Gasteiger partial charge on any atom is 0.335 e. The molecule has 1 saturated heterocycles. The molecule has 31 heavy (non-hydrogen) atoms. The lowest BCUT2D eigenvalue weighted by Crippen LogP contribution is -2.27. The van der Waals surface area contributed by atoms with Crippen LogP contribution in [0.3, 0.4) is 0 Å². The smallest absolute Gasteiger partial charge is 0.335 e. The van der Waals surface area contributed by atoms with Gasteiger partial charge in [0, 0.05) is 11.6 Å². The van der Waals surface area contributed by atoms with Gasteiger partial charge in [0.15, 0.2) is 4.32 Å². The summed E-state index contributed by atoms with van der Waals surface area (Å²) in [6, 6.07) is 18.0. The number of benzene rings is 2. The highest BCUT2D eigenvalue weighted by Crippen LogP contribution is 2.36. The molecule has 0 radical (unpaired) electrons. The number of carbonyl (C=O) groups excluding carboxylic acids is 1. The Labute approximate surface area is 189 Å². The van der Waals surface area contributed by atoms with Gasteiger partial charge in [0.05, 0.1) is 16.2 Å². The molecular formula is C24H19NO4S2. The van der Waals surface area contributed by atoms with E-state index in [1.165, 1.54) is 34.4 Å². The summed E-state index contributed by atoms with van der Waals surface area (Å²) in [7, 11) is 0. The van der Waals surface area contributed by atoms with E-state index in [9.17, 15) is 9.59 Å². The lowest BCUT2D eigenvalue weighted by atomic mass is 10.1. The van der Waals surface area contributed by atoms with Crippen molar-refractivity contribution < 1.29 is 19.1 Å². The van der Waals surface area contributed by atoms with Crippen LogP contribution >= 0.6 is 24.0 Å². The van der Waals surface area contributed by atoms with Gasteiger partial charge in [-0.15, -0.1) is 0 Å². The zero-order valence-electron chi connectivity index (χ0n) is 16.7. The first-order valence-corrected chi connectivity index (χ1v) is 11.0. The first-order valence-electron chi connectivity index (χ1n) is 9.76. The van der Waals surface area contributed by atoms with Crippen LogP contribution in [0.15, 0.2) is 70.0 Å². The fraction of sp³-hybridized carbons (Fsp3) is 0.125. The van der Waals surface area contributed by atoms with Crippen LogP contribution in [0.1, 0.15) is 35.0 Å². The van der Waals surface area contributed by atoms with E-state index in [-0.39, 0.29) is 11.5 Å². The average molecular weight is 450 g/mol. The van der Waals surface area contributed by atoms with E-state index < -0.39 is 5.97 Å².